The van der Waals surface area contributed by atoms with Crippen molar-refractivity contribution in [2.24, 2.45) is 0 Å². The number of nitrogens with zero attached hydrogens (tertiary/aromatic N) is 4. The maximum atomic E-state index is 13.5. The van der Waals surface area contributed by atoms with Gasteiger partial charge in [0, 0.05) is 31.1 Å². The topological polar surface area (TPSA) is 88.3 Å². The van der Waals surface area contributed by atoms with Gasteiger partial charge in [-0.05, 0) is 83.2 Å². The highest BCUT2D eigenvalue weighted by molar-refractivity contribution is 5.94. The second-order valence-electron chi connectivity index (χ2n) is 12.4. The van der Waals surface area contributed by atoms with Crippen molar-refractivity contribution in [3.8, 4) is 0 Å². The average Bonchev–Trinajstić information content (AvgIpc) is 3.38. The number of benzene rings is 3. The first-order valence-corrected chi connectivity index (χ1v) is 14.8. The van der Waals surface area contributed by atoms with E-state index in [1.54, 1.807) is 0 Å². The lowest BCUT2D eigenvalue weighted by Gasteiger charge is -2.30. The molecule has 212 valence electrons. The Morgan fingerprint density at radius 3 is 2.59 bits per heavy atom. The predicted octanol–water partition coefficient (Wildman–Crippen LogP) is 6.40. The molecule has 0 spiro atoms. The molecule has 41 heavy (non-hydrogen) atoms. The van der Waals surface area contributed by atoms with Crippen LogP contribution in [0, 0.1) is 6.92 Å². The quantitative estimate of drug-likeness (QED) is 0.312. The number of carbonyl (C=O) groups excluding carboxylic acids is 1. The zero-order valence-corrected chi connectivity index (χ0v) is 24.2. The lowest BCUT2D eigenvalue weighted by atomic mass is 9.79. The standard InChI is InChI=1S/C34H38N4O3/c1-22-28-13-14-30-32(22)35-36-38(30)17-6-4-5-16-34(2,3)27-11-9-24(10-12-27)33(41)37-18-15-23-7-8-25(19-26(23)21-37)29(28)20-31(39)40/h7-14,19,29H,4-6,15-18,20-21H2,1-3H3,(H,39,40). The van der Waals surface area contributed by atoms with Gasteiger partial charge in [-0.3, -0.25) is 9.59 Å². The van der Waals surface area contributed by atoms with Crippen molar-refractivity contribution in [2.45, 2.75) is 83.7 Å². The van der Waals surface area contributed by atoms with E-state index in [4.69, 9.17) is 0 Å². The molecule has 1 amide bonds. The Bertz CT molecular complexity index is 1620. The summed E-state index contributed by atoms with van der Waals surface area (Å²) in [5.41, 5.74) is 8.99. The highest BCUT2D eigenvalue weighted by Gasteiger charge is 2.27. The maximum absolute atomic E-state index is 13.5. The minimum absolute atomic E-state index is 0.0232. The number of aryl methyl sites for hydroxylation is 2. The smallest absolute Gasteiger partial charge is 0.304 e. The predicted molar refractivity (Wildman–Crippen MR) is 159 cm³/mol. The van der Waals surface area contributed by atoms with E-state index in [1.165, 1.54) is 11.1 Å². The molecule has 0 saturated carbocycles. The number of carboxylic acids is 1. The van der Waals surface area contributed by atoms with E-state index in [2.05, 4.69) is 60.6 Å². The Kier molecular flexibility index (Phi) is 7.14. The van der Waals surface area contributed by atoms with Crippen molar-refractivity contribution in [1.29, 1.82) is 0 Å². The molecule has 1 aromatic heterocycles. The van der Waals surface area contributed by atoms with E-state index >= 15 is 0 Å². The minimum atomic E-state index is -0.847. The van der Waals surface area contributed by atoms with Gasteiger partial charge in [-0.15, -0.1) is 5.10 Å². The number of carboxylic acid groups (broad SMARTS) is 1. The van der Waals surface area contributed by atoms with Gasteiger partial charge >= 0.3 is 5.97 Å². The van der Waals surface area contributed by atoms with Crippen molar-refractivity contribution in [2.75, 3.05) is 6.54 Å². The summed E-state index contributed by atoms with van der Waals surface area (Å²) in [4.78, 5) is 27.5. The summed E-state index contributed by atoms with van der Waals surface area (Å²) in [6, 6.07) is 18.6. The van der Waals surface area contributed by atoms with Crippen LogP contribution in [0.4, 0.5) is 0 Å². The van der Waals surface area contributed by atoms with Crippen molar-refractivity contribution in [3.63, 3.8) is 0 Å². The SMILES string of the molecule is Cc1c2ccc3c1nnn3CCCCCC(C)(C)c1ccc(cc1)C(=O)N1CCc3ccc(cc3C1)C2CC(=O)O. The Morgan fingerprint density at radius 2 is 1.80 bits per heavy atom. The second-order valence-corrected chi connectivity index (χ2v) is 12.4. The third-order valence-corrected chi connectivity index (χ3v) is 9.25. The molecule has 9 bridgehead atoms. The molecular formula is C34H38N4O3. The van der Waals surface area contributed by atoms with Crippen LogP contribution in [0.25, 0.3) is 11.0 Å². The first-order valence-electron chi connectivity index (χ1n) is 14.8. The fraction of sp³-hybridized carbons (Fsp3) is 0.412. The van der Waals surface area contributed by atoms with Crippen LogP contribution in [-0.4, -0.2) is 43.4 Å². The number of rotatable bonds is 2. The molecule has 3 aromatic carbocycles. The van der Waals surface area contributed by atoms with Crippen molar-refractivity contribution in [1.82, 2.24) is 19.9 Å². The van der Waals surface area contributed by atoms with E-state index in [1.807, 2.05) is 34.7 Å². The number of carbonyl (C=O) groups is 2. The summed E-state index contributed by atoms with van der Waals surface area (Å²) >= 11 is 0. The van der Waals surface area contributed by atoms with Gasteiger partial charge in [0.15, 0.2) is 0 Å². The molecule has 7 nitrogen and oxygen atoms in total. The zero-order chi connectivity index (χ0) is 28.7. The molecule has 0 saturated heterocycles. The van der Waals surface area contributed by atoms with E-state index in [-0.39, 0.29) is 23.7 Å². The monoisotopic (exact) mass is 550 g/mol. The maximum Gasteiger partial charge on any atom is 0.304 e. The van der Waals surface area contributed by atoms with Gasteiger partial charge in [-0.2, -0.15) is 0 Å². The van der Waals surface area contributed by atoms with Crippen LogP contribution in [0.15, 0.2) is 54.6 Å². The van der Waals surface area contributed by atoms with Crippen LogP contribution in [-0.2, 0) is 29.7 Å². The molecular weight excluding hydrogens is 512 g/mol. The van der Waals surface area contributed by atoms with Crippen LogP contribution >= 0.6 is 0 Å². The molecule has 1 unspecified atom stereocenters. The van der Waals surface area contributed by atoms with Crippen LogP contribution in [0.3, 0.4) is 0 Å². The third-order valence-electron chi connectivity index (χ3n) is 9.25. The van der Waals surface area contributed by atoms with Gasteiger partial charge < -0.3 is 10.0 Å². The molecule has 6 heterocycles. The molecule has 5 aliphatic rings. The summed E-state index contributed by atoms with van der Waals surface area (Å²) in [5, 5.41) is 18.9. The van der Waals surface area contributed by atoms with Crippen LogP contribution in [0.1, 0.15) is 95.6 Å². The lowest BCUT2D eigenvalue weighted by molar-refractivity contribution is -0.137. The molecule has 0 aliphatic carbocycles. The molecule has 9 rings (SSSR count). The van der Waals surface area contributed by atoms with Crippen LogP contribution in [0.2, 0.25) is 0 Å². The largest absolute Gasteiger partial charge is 0.481 e. The molecule has 4 aromatic rings. The minimum Gasteiger partial charge on any atom is -0.481 e. The Hall–Kier alpha value is -4.00. The van der Waals surface area contributed by atoms with Crippen molar-refractivity contribution < 1.29 is 14.7 Å². The number of aromatic nitrogens is 3. The van der Waals surface area contributed by atoms with Crippen molar-refractivity contribution >= 4 is 22.9 Å². The molecule has 7 heteroatoms. The number of hydrogen-bond acceptors (Lipinski definition) is 4. The fourth-order valence-electron chi connectivity index (χ4n) is 6.67. The van der Waals surface area contributed by atoms with Gasteiger partial charge in [0.1, 0.15) is 5.52 Å². The highest BCUT2D eigenvalue weighted by Crippen LogP contribution is 2.36. The summed E-state index contributed by atoms with van der Waals surface area (Å²) in [6.07, 6.45) is 5.03. The zero-order valence-electron chi connectivity index (χ0n) is 24.2. The van der Waals surface area contributed by atoms with Crippen LogP contribution in [0.5, 0.6) is 0 Å². The second kappa shape index (κ2) is 10.8. The Balaban J connectivity index is 1.42. The summed E-state index contributed by atoms with van der Waals surface area (Å²) in [5.74, 6) is -1.13. The first kappa shape index (κ1) is 27.2. The Labute approximate surface area is 241 Å². The fourth-order valence-corrected chi connectivity index (χ4v) is 6.67. The summed E-state index contributed by atoms with van der Waals surface area (Å²) in [7, 11) is 0. The number of aliphatic carboxylic acids is 1. The molecule has 0 fully saturated rings. The third kappa shape index (κ3) is 5.25. The summed E-state index contributed by atoms with van der Waals surface area (Å²) < 4.78 is 1.98. The van der Waals surface area contributed by atoms with Gasteiger partial charge in [0.2, 0.25) is 0 Å². The lowest BCUT2D eigenvalue weighted by Crippen LogP contribution is -2.36. The molecule has 5 aliphatic heterocycles. The normalized spacial score (nSPS) is 19.0. The average molecular weight is 551 g/mol. The molecule has 1 atom stereocenters. The van der Waals surface area contributed by atoms with E-state index in [9.17, 15) is 14.7 Å². The Morgan fingerprint density at radius 1 is 1.00 bits per heavy atom. The number of hydrogen-bond donors (Lipinski definition) is 1. The van der Waals surface area contributed by atoms with Crippen LogP contribution < -0.4 is 0 Å². The van der Waals surface area contributed by atoms with E-state index in [0.29, 0.717) is 18.7 Å². The van der Waals surface area contributed by atoms with Gasteiger partial charge in [0.25, 0.3) is 5.91 Å². The molecule has 1 N–H and O–H groups in total. The number of amides is 1. The van der Waals surface area contributed by atoms with E-state index < -0.39 is 5.97 Å². The van der Waals surface area contributed by atoms with Gasteiger partial charge in [-0.25, -0.2) is 4.68 Å². The van der Waals surface area contributed by atoms with Gasteiger partial charge in [0.05, 0.1) is 11.9 Å². The highest BCUT2D eigenvalue weighted by atomic mass is 16.4. The van der Waals surface area contributed by atoms with E-state index in [0.717, 1.165) is 71.9 Å². The van der Waals surface area contributed by atoms with Crippen molar-refractivity contribution in [3.05, 3.63) is 93.5 Å². The first-order chi connectivity index (χ1) is 19.7. The van der Waals surface area contributed by atoms with Gasteiger partial charge in [-0.1, -0.05) is 68.3 Å². The molecule has 0 radical (unpaired) electrons. The summed E-state index contributed by atoms with van der Waals surface area (Å²) in [6.45, 7) is 8.57.